The molecule has 88 valence electrons. The summed E-state index contributed by atoms with van der Waals surface area (Å²) in [5.41, 5.74) is 1.96. The number of thiazole rings is 1. The Bertz CT molecular complexity index is 520. The van der Waals surface area contributed by atoms with Gasteiger partial charge in [0, 0.05) is 22.5 Å². The number of hydrogen-bond donors (Lipinski definition) is 1. The highest BCUT2D eigenvalue weighted by molar-refractivity contribution is 7.14. The summed E-state index contributed by atoms with van der Waals surface area (Å²) in [6, 6.07) is 7.82. The highest BCUT2D eigenvalue weighted by Crippen LogP contribution is 2.32. The van der Waals surface area contributed by atoms with E-state index in [2.05, 4.69) is 15.7 Å². The molecule has 0 spiro atoms. The fraction of sp³-hybridized carbons (Fsp3) is 0.308. The fourth-order valence-electron chi connectivity index (χ4n) is 1.70. The number of nitrogens with one attached hydrogen (secondary N) is 1. The van der Waals surface area contributed by atoms with Crippen molar-refractivity contribution in [2.24, 2.45) is 5.92 Å². The molecule has 0 atom stereocenters. The van der Waals surface area contributed by atoms with E-state index in [0.717, 1.165) is 33.9 Å². The number of rotatable bonds is 4. The van der Waals surface area contributed by atoms with Crippen molar-refractivity contribution in [1.82, 2.24) is 4.98 Å². The number of benzene rings is 1. The van der Waals surface area contributed by atoms with Gasteiger partial charge in [-0.15, -0.1) is 11.3 Å². The predicted octanol–water partition coefficient (Wildman–Crippen LogP) is 4.29. The van der Waals surface area contributed by atoms with E-state index in [-0.39, 0.29) is 0 Å². The molecule has 1 aliphatic rings. The monoisotopic (exact) mass is 264 g/mol. The molecule has 1 saturated carbocycles. The molecule has 0 bridgehead atoms. The van der Waals surface area contributed by atoms with Gasteiger partial charge in [0.2, 0.25) is 0 Å². The van der Waals surface area contributed by atoms with Crippen LogP contribution in [-0.4, -0.2) is 11.5 Å². The smallest absolute Gasteiger partial charge is 0.183 e. The van der Waals surface area contributed by atoms with E-state index < -0.39 is 0 Å². The lowest BCUT2D eigenvalue weighted by Gasteiger charge is -2.00. The largest absolute Gasteiger partial charge is 0.361 e. The Labute approximate surface area is 110 Å². The van der Waals surface area contributed by atoms with Crippen LogP contribution in [0.2, 0.25) is 5.02 Å². The summed E-state index contributed by atoms with van der Waals surface area (Å²) in [5, 5.41) is 7.18. The van der Waals surface area contributed by atoms with Gasteiger partial charge < -0.3 is 5.32 Å². The molecule has 0 amide bonds. The Kier molecular flexibility index (Phi) is 3.04. The Hall–Kier alpha value is -1.06. The van der Waals surface area contributed by atoms with Crippen LogP contribution in [0.4, 0.5) is 5.13 Å². The molecular weight excluding hydrogens is 252 g/mol. The van der Waals surface area contributed by atoms with Crippen LogP contribution in [0.1, 0.15) is 12.8 Å². The van der Waals surface area contributed by atoms with E-state index in [4.69, 9.17) is 11.6 Å². The average molecular weight is 265 g/mol. The number of anilines is 1. The number of hydrogen-bond acceptors (Lipinski definition) is 3. The lowest BCUT2D eigenvalue weighted by molar-refractivity contribution is 0.887. The molecule has 1 N–H and O–H groups in total. The van der Waals surface area contributed by atoms with E-state index in [9.17, 15) is 0 Å². The van der Waals surface area contributed by atoms with Gasteiger partial charge in [0.25, 0.3) is 0 Å². The molecule has 1 aromatic carbocycles. The second-order valence-corrected chi connectivity index (χ2v) is 5.61. The van der Waals surface area contributed by atoms with Gasteiger partial charge in [-0.25, -0.2) is 4.98 Å². The van der Waals surface area contributed by atoms with Crippen molar-refractivity contribution >= 4 is 28.1 Å². The Morgan fingerprint density at radius 3 is 2.94 bits per heavy atom. The van der Waals surface area contributed by atoms with E-state index in [1.165, 1.54) is 12.8 Å². The van der Waals surface area contributed by atoms with Crippen molar-refractivity contribution in [3.8, 4) is 11.3 Å². The summed E-state index contributed by atoms with van der Waals surface area (Å²) < 4.78 is 0. The van der Waals surface area contributed by atoms with Crippen LogP contribution >= 0.6 is 22.9 Å². The van der Waals surface area contributed by atoms with Gasteiger partial charge in [-0.2, -0.15) is 0 Å². The van der Waals surface area contributed by atoms with Crippen LogP contribution in [0.5, 0.6) is 0 Å². The maximum atomic E-state index is 6.15. The first kappa shape index (κ1) is 11.1. The Balaban J connectivity index is 1.77. The summed E-state index contributed by atoms with van der Waals surface area (Å²) in [4.78, 5) is 4.56. The number of aromatic nitrogens is 1. The van der Waals surface area contributed by atoms with Crippen LogP contribution in [0.15, 0.2) is 29.6 Å². The van der Waals surface area contributed by atoms with Crippen molar-refractivity contribution in [2.75, 3.05) is 11.9 Å². The number of nitrogens with zero attached hydrogens (tertiary/aromatic N) is 1. The van der Waals surface area contributed by atoms with Gasteiger partial charge >= 0.3 is 0 Å². The molecule has 17 heavy (non-hydrogen) atoms. The Morgan fingerprint density at radius 1 is 1.35 bits per heavy atom. The molecule has 1 fully saturated rings. The van der Waals surface area contributed by atoms with Crippen LogP contribution < -0.4 is 5.32 Å². The van der Waals surface area contributed by atoms with Crippen molar-refractivity contribution in [1.29, 1.82) is 0 Å². The third kappa shape index (κ3) is 2.61. The topological polar surface area (TPSA) is 24.9 Å². The first-order chi connectivity index (χ1) is 8.33. The van der Waals surface area contributed by atoms with E-state index in [1.54, 1.807) is 11.3 Å². The van der Waals surface area contributed by atoms with Gasteiger partial charge in [0.1, 0.15) is 0 Å². The summed E-state index contributed by atoms with van der Waals surface area (Å²) in [6.07, 6.45) is 2.71. The maximum absolute atomic E-state index is 6.15. The van der Waals surface area contributed by atoms with Gasteiger partial charge in [-0.05, 0) is 24.8 Å². The molecule has 1 aliphatic carbocycles. The summed E-state index contributed by atoms with van der Waals surface area (Å²) >= 11 is 7.79. The third-order valence-electron chi connectivity index (χ3n) is 2.89. The molecular formula is C13H13ClN2S. The molecule has 0 saturated heterocycles. The van der Waals surface area contributed by atoms with Crippen LogP contribution in [0.3, 0.4) is 0 Å². The van der Waals surface area contributed by atoms with Crippen molar-refractivity contribution in [3.05, 3.63) is 34.7 Å². The highest BCUT2D eigenvalue weighted by atomic mass is 35.5. The fourth-order valence-corrected chi connectivity index (χ4v) is 2.65. The lowest BCUT2D eigenvalue weighted by Crippen LogP contribution is -2.02. The molecule has 2 aromatic rings. The van der Waals surface area contributed by atoms with Crippen LogP contribution in [0, 0.1) is 5.92 Å². The molecule has 1 aromatic heterocycles. The summed E-state index contributed by atoms with van der Waals surface area (Å²) in [6.45, 7) is 1.05. The SMILES string of the molecule is Clc1ccccc1-c1csc(NCC2CC2)n1. The van der Waals surface area contributed by atoms with E-state index >= 15 is 0 Å². The zero-order valence-corrected chi connectivity index (χ0v) is 10.9. The van der Waals surface area contributed by atoms with Crippen LogP contribution in [0.25, 0.3) is 11.3 Å². The van der Waals surface area contributed by atoms with Crippen molar-refractivity contribution in [3.63, 3.8) is 0 Å². The minimum atomic E-state index is 0.756. The summed E-state index contributed by atoms with van der Waals surface area (Å²) in [7, 11) is 0. The van der Waals surface area contributed by atoms with Gasteiger partial charge in [-0.1, -0.05) is 29.8 Å². The minimum Gasteiger partial charge on any atom is -0.361 e. The lowest BCUT2D eigenvalue weighted by atomic mass is 10.2. The normalized spacial score (nSPS) is 14.9. The van der Waals surface area contributed by atoms with Crippen molar-refractivity contribution in [2.45, 2.75) is 12.8 Å². The maximum Gasteiger partial charge on any atom is 0.183 e. The Morgan fingerprint density at radius 2 is 2.18 bits per heavy atom. The number of halogens is 1. The van der Waals surface area contributed by atoms with Gasteiger partial charge in [0.05, 0.1) is 5.69 Å². The first-order valence-corrected chi connectivity index (χ1v) is 7.03. The van der Waals surface area contributed by atoms with Gasteiger partial charge in [-0.3, -0.25) is 0 Å². The zero-order valence-electron chi connectivity index (χ0n) is 9.32. The molecule has 2 nitrogen and oxygen atoms in total. The highest BCUT2D eigenvalue weighted by Gasteiger charge is 2.21. The van der Waals surface area contributed by atoms with Crippen molar-refractivity contribution < 1.29 is 0 Å². The second kappa shape index (κ2) is 4.67. The molecule has 4 heteroatoms. The molecule has 0 unspecified atom stereocenters. The zero-order chi connectivity index (χ0) is 11.7. The van der Waals surface area contributed by atoms with Gasteiger partial charge in [0.15, 0.2) is 5.13 Å². The van der Waals surface area contributed by atoms with Crippen LogP contribution in [-0.2, 0) is 0 Å². The standard InChI is InChI=1S/C13H13ClN2S/c14-11-4-2-1-3-10(11)12-8-17-13(16-12)15-7-9-5-6-9/h1-4,8-9H,5-7H2,(H,15,16). The predicted molar refractivity (Wildman–Crippen MR) is 73.8 cm³/mol. The second-order valence-electron chi connectivity index (χ2n) is 4.34. The molecule has 1 heterocycles. The quantitative estimate of drug-likeness (QED) is 0.891. The molecule has 0 aliphatic heterocycles. The summed E-state index contributed by atoms with van der Waals surface area (Å²) in [5.74, 6) is 0.864. The molecule has 0 radical (unpaired) electrons. The first-order valence-electron chi connectivity index (χ1n) is 5.77. The molecule has 3 rings (SSSR count). The van der Waals surface area contributed by atoms with E-state index in [1.807, 2.05) is 24.3 Å². The minimum absolute atomic E-state index is 0.756. The third-order valence-corrected chi connectivity index (χ3v) is 4.02. The van der Waals surface area contributed by atoms with E-state index in [0.29, 0.717) is 0 Å². The average Bonchev–Trinajstić information content (AvgIpc) is 3.06.